The number of nitro groups is 1. The standard InChI is InChI=1S/C31H30N4O7S/c1-22-4-7-25(8-5-22)21-42-28-13-9-24(10-14-28)19-32-33-31(36)20-34(26-11-15-27(41-3)16-12-26)43(39,40)29-17-6-23(2)30(18-29)35(37)38/h4-19H,20-21H2,1-3H3,(H,33,36)/b32-19-. The highest BCUT2D eigenvalue weighted by atomic mass is 32.2. The highest BCUT2D eigenvalue weighted by Crippen LogP contribution is 2.29. The maximum atomic E-state index is 13.6. The van der Waals surface area contributed by atoms with Crippen LogP contribution in [0.2, 0.25) is 0 Å². The van der Waals surface area contributed by atoms with E-state index in [-0.39, 0.29) is 16.3 Å². The highest BCUT2D eigenvalue weighted by molar-refractivity contribution is 7.92. The van der Waals surface area contributed by atoms with Gasteiger partial charge >= 0.3 is 0 Å². The fourth-order valence-electron chi connectivity index (χ4n) is 3.98. The Morgan fingerprint density at radius 1 is 0.953 bits per heavy atom. The minimum Gasteiger partial charge on any atom is -0.497 e. The van der Waals surface area contributed by atoms with Crippen LogP contribution in [0, 0.1) is 24.0 Å². The number of rotatable bonds is 12. The summed E-state index contributed by atoms with van der Waals surface area (Å²) in [6, 6.07) is 24.7. The molecule has 0 radical (unpaired) electrons. The minimum absolute atomic E-state index is 0.157. The largest absolute Gasteiger partial charge is 0.497 e. The van der Waals surface area contributed by atoms with Gasteiger partial charge in [-0.3, -0.25) is 19.2 Å². The molecule has 1 N–H and O–H groups in total. The van der Waals surface area contributed by atoms with E-state index in [1.165, 1.54) is 50.1 Å². The van der Waals surface area contributed by atoms with E-state index in [4.69, 9.17) is 9.47 Å². The molecule has 1 amide bonds. The number of nitro benzene ring substituents is 1. The van der Waals surface area contributed by atoms with E-state index < -0.39 is 27.4 Å². The summed E-state index contributed by atoms with van der Waals surface area (Å²) in [6.07, 6.45) is 1.41. The van der Waals surface area contributed by atoms with Crippen molar-refractivity contribution in [3.8, 4) is 11.5 Å². The van der Waals surface area contributed by atoms with Crippen LogP contribution in [0.4, 0.5) is 11.4 Å². The van der Waals surface area contributed by atoms with E-state index in [2.05, 4.69) is 10.5 Å². The number of amides is 1. The summed E-state index contributed by atoms with van der Waals surface area (Å²) in [6.45, 7) is 3.31. The topological polar surface area (TPSA) is 140 Å². The Hall–Kier alpha value is -5.23. The maximum absolute atomic E-state index is 13.6. The van der Waals surface area contributed by atoms with Crippen molar-refractivity contribution in [3.05, 3.63) is 123 Å². The molecule has 0 saturated carbocycles. The van der Waals surface area contributed by atoms with E-state index in [1.807, 2.05) is 31.2 Å². The van der Waals surface area contributed by atoms with Gasteiger partial charge in [-0.1, -0.05) is 35.9 Å². The molecule has 4 aromatic rings. The Balaban J connectivity index is 1.46. The van der Waals surface area contributed by atoms with E-state index in [0.29, 0.717) is 29.2 Å². The number of aryl methyl sites for hydroxylation is 2. The molecule has 0 saturated heterocycles. The SMILES string of the molecule is COc1ccc(N(CC(=O)N/N=C\c2ccc(OCc3ccc(C)cc3)cc2)S(=O)(=O)c2ccc(C)c([N+](=O)[O-])c2)cc1. The number of carbonyl (C=O) groups excluding carboxylic acids is 1. The summed E-state index contributed by atoms with van der Waals surface area (Å²) < 4.78 is 39.1. The second-order valence-electron chi connectivity index (χ2n) is 9.55. The number of anilines is 1. The van der Waals surface area contributed by atoms with Crippen LogP contribution in [0.15, 0.2) is 101 Å². The number of sulfonamides is 1. The van der Waals surface area contributed by atoms with Crippen LogP contribution in [-0.4, -0.2) is 39.1 Å². The lowest BCUT2D eigenvalue weighted by Crippen LogP contribution is -2.39. The van der Waals surface area contributed by atoms with Gasteiger partial charge in [0, 0.05) is 11.6 Å². The molecule has 11 nitrogen and oxygen atoms in total. The second-order valence-corrected chi connectivity index (χ2v) is 11.4. The molecule has 0 heterocycles. The molecule has 0 aliphatic heterocycles. The fraction of sp³-hybridized carbons (Fsp3) is 0.161. The number of benzene rings is 4. The third-order valence-electron chi connectivity index (χ3n) is 6.42. The van der Waals surface area contributed by atoms with Gasteiger partial charge in [-0.2, -0.15) is 5.10 Å². The number of ether oxygens (including phenoxy) is 2. The van der Waals surface area contributed by atoms with Gasteiger partial charge in [0.05, 0.1) is 28.8 Å². The smallest absolute Gasteiger partial charge is 0.273 e. The first-order valence-electron chi connectivity index (χ1n) is 13.1. The molecule has 43 heavy (non-hydrogen) atoms. The highest BCUT2D eigenvalue weighted by Gasteiger charge is 2.29. The van der Waals surface area contributed by atoms with Crippen molar-refractivity contribution < 1.29 is 27.6 Å². The molecule has 4 aromatic carbocycles. The zero-order valence-electron chi connectivity index (χ0n) is 23.8. The van der Waals surface area contributed by atoms with E-state index in [9.17, 15) is 23.3 Å². The van der Waals surface area contributed by atoms with Crippen LogP contribution in [0.3, 0.4) is 0 Å². The summed E-state index contributed by atoms with van der Waals surface area (Å²) in [4.78, 5) is 23.3. The Morgan fingerprint density at radius 3 is 2.23 bits per heavy atom. The van der Waals surface area contributed by atoms with Crippen LogP contribution in [-0.2, 0) is 21.4 Å². The van der Waals surface area contributed by atoms with Crippen molar-refractivity contribution in [2.75, 3.05) is 18.0 Å². The van der Waals surface area contributed by atoms with Crippen LogP contribution in [0.5, 0.6) is 11.5 Å². The van der Waals surface area contributed by atoms with Gasteiger partial charge in [0.25, 0.3) is 21.6 Å². The lowest BCUT2D eigenvalue weighted by molar-refractivity contribution is -0.385. The van der Waals surface area contributed by atoms with Gasteiger partial charge in [-0.05, 0) is 79.6 Å². The molecule has 0 aliphatic rings. The Bertz CT molecular complexity index is 1720. The van der Waals surface area contributed by atoms with Crippen LogP contribution in [0.1, 0.15) is 22.3 Å². The van der Waals surface area contributed by atoms with Gasteiger partial charge in [0.1, 0.15) is 24.7 Å². The Kier molecular flexibility index (Phi) is 9.73. The molecule has 12 heteroatoms. The van der Waals surface area contributed by atoms with Crippen molar-refractivity contribution in [3.63, 3.8) is 0 Å². The van der Waals surface area contributed by atoms with Crippen LogP contribution < -0.4 is 19.2 Å². The number of methoxy groups -OCH3 is 1. The fourth-order valence-corrected chi connectivity index (χ4v) is 5.42. The molecular formula is C31H30N4O7S. The Labute approximate surface area is 249 Å². The summed E-state index contributed by atoms with van der Waals surface area (Å²) in [5.74, 6) is 0.418. The van der Waals surface area contributed by atoms with Crippen molar-refractivity contribution in [1.29, 1.82) is 0 Å². The Morgan fingerprint density at radius 2 is 1.60 bits per heavy atom. The molecule has 4 rings (SSSR count). The third kappa shape index (κ3) is 7.95. The number of hydrogen-bond acceptors (Lipinski definition) is 8. The molecule has 0 unspecified atom stereocenters. The first kappa shape index (κ1) is 30.7. The lowest BCUT2D eigenvalue weighted by atomic mass is 10.2. The molecular weight excluding hydrogens is 572 g/mol. The zero-order chi connectivity index (χ0) is 31.0. The van der Waals surface area contributed by atoms with Gasteiger partial charge < -0.3 is 9.47 Å². The van der Waals surface area contributed by atoms with Gasteiger partial charge in [-0.25, -0.2) is 13.8 Å². The monoisotopic (exact) mass is 602 g/mol. The molecule has 0 bridgehead atoms. The molecule has 0 aromatic heterocycles. The van der Waals surface area contributed by atoms with E-state index >= 15 is 0 Å². The zero-order valence-corrected chi connectivity index (χ0v) is 24.6. The first-order chi connectivity index (χ1) is 20.6. The van der Waals surface area contributed by atoms with E-state index in [0.717, 1.165) is 15.9 Å². The predicted octanol–water partition coefficient (Wildman–Crippen LogP) is 5.14. The molecule has 0 fully saturated rings. The van der Waals surface area contributed by atoms with Crippen molar-refractivity contribution in [2.45, 2.75) is 25.3 Å². The first-order valence-corrected chi connectivity index (χ1v) is 14.5. The second kappa shape index (κ2) is 13.6. The predicted molar refractivity (Wildman–Crippen MR) is 163 cm³/mol. The lowest BCUT2D eigenvalue weighted by Gasteiger charge is -2.24. The maximum Gasteiger partial charge on any atom is 0.273 e. The minimum atomic E-state index is -4.39. The average Bonchev–Trinajstić information content (AvgIpc) is 3.00. The van der Waals surface area contributed by atoms with Crippen LogP contribution in [0.25, 0.3) is 0 Å². The number of hydrogen-bond donors (Lipinski definition) is 1. The number of nitrogens with one attached hydrogen (secondary N) is 1. The van der Waals surface area contributed by atoms with Crippen molar-refractivity contribution in [2.24, 2.45) is 5.10 Å². The summed E-state index contributed by atoms with van der Waals surface area (Å²) in [5, 5.41) is 15.4. The number of nitrogens with zero attached hydrogens (tertiary/aromatic N) is 3. The van der Waals surface area contributed by atoms with Gasteiger partial charge in [-0.15, -0.1) is 0 Å². The van der Waals surface area contributed by atoms with Crippen molar-refractivity contribution in [1.82, 2.24) is 5.43 Å². The molecule has 0 spiro atoms. The quantitative estimate of drug-likeness (QED) is 0.134. The summed E-state index contributed by atoms with van der Waals surface area (Å²) in [7, 11) is -2.93. The molecule has 0 aliphatic carbocycles. The average molecular weight is 603 g/mol. The van der Waals surface area contributed by atoms with Gasteiger partial charge in [0.2, 0.25) is 0 Å². The summed E-state index contributed by atoms with van der Waals surface area (Å²) in [5.41, 5.74) is 5.35. The molecule has 0 atom stereocenters. The normalized spacial score (nSPS) is 11.2. The number of hydrazone groups is 1. The van der Waals surface area contributed by atoms with Crippen molar-refractivity contribution >= 4 is 33.5 Å². The molecule has 222 valence electrons. The van der Waals surface area contributed by atoms with Crippen LogP contribution >= 0.6 is 0 Å². The summed E-state index contributed by atoms with van der Waals surface area (Å²) >= 11 is 0. The van der Waals surface area contributed by atoms with Gasteiger partial charge in [0.15, 0.2) is 0 Å². The third-order valence-corrected chi connectivity index (χ3v) is 8.19. The van der Waals surface area contributed by atoms with E-state index in [1.54, 1.807) is 36.4 Å². The number of carbonyl (C=O) groups is 1.